The SMILES string of the molecule is CC(=NN=C([Se])N1CCC(O)(c2ccccc2)CC1)c1ccccn1. The van der Waals surface area contributed by atoms with Gasteiger partial charge >= 0.3 is 156 Å². The minimum atomic E-state index is -0.759. The average molecular weight is 400 g/mol. The first kappa shape index (κ1) is 17.8. The third-order valence-corrected chi connectivity index (χ3v) is 5.21. The van der Waals surface area contributed by atoms with Crippen LogP contribution < -0.4 is 0 Å². The Hall–Kier alpha value is -2.01. The summed E-state index contributed by atoms with van der Waals surface area (Å²) < 4.78 is 0.741. The predicted molar refractivity (Wildman–Crippen MR) is 101 cm³/mol. The van der Waals surface area contributed by atoms with Gasteiger partial charge in [0.25, 0.3) is 0 Å². The van der Waals surface area contributed by atoms with Crippen LogP contribution in [0, 0.1) is 0 Å². The number of aliphatic hydroxyl groups is 1. The Bertz CT molecular complexity index is 754. The second kappa shape index (κ2) is 7.91. The van der Waals surface area contributed by atoms with Crippen LogP contribution in [0.5, 0.6) is 0 Å². The van der Waals surface area contributed by atoms with Gasteiger partial charge in [-0.3, -0.25) is 0 Å². The first-order valence-electron chi connectivity index (χ1n) is 8.32. The molecule has 3 rings (SSSR count). The molecule has 5 nitrogen and oxygen atoms in total. The molecule has 0 saturated carbocycles. The molecular formula is C19H21N4OSe. The first-order chi connectivity index (χ1) is 12.1. The predicted octanol–water partition coefficient (Wildman–Crippen LogP) is 2.31. The molecular weight excluding hydrogens is 379 g/mol. The first-order valence-corrected chi connectivity index (χ1v) is 9.18. The second-order valence-electron chi connectivity index (χ2n) is 6.17. The van der Waals surface area contributed by atoms with E-state index in [1.807, 2.05) is 55.5 Å². The molecule has 0 bridgehead atoms. The number of piperidine rings is 1. The van der Waals surface area contributed by atoms with Gasteiger partial charge in [0.1, 0.15) is 0 Å². The minimum absolute atomic E-state index is 0.667. The Morgan fingerprint density at radius 1 is 1.08 bits per heavy atom. The quantitative estimate of drug-likeness (QED) is 0.372. The summed E-state index contributed by atoms with van der Waals surface area (Å²) in [6.07, 6.45) is 3.08. The Morgan fingerprint density at radius 3 is 2.40 bits per heavy atom. The second-order valence-corrected chi connectivity index (χ2v) is 6.93. The van der Waals surface area contributed by atoms with Crippen LogP contribution in [0.15, 0.2) is 64.9 Å². The molecule has 1 aliphatic rings. The molecule has 1 fully saturated rings. The topological polar surface area (TPSA) is 61.1 Å². The number of rotatable bonds is 3. The standard InChI is InChI=1S/C19H21N4OSe/c1-15(17-9-5-6-12-20-17)21-22-18(25)23-13-10-19(24,11-14-23)16-7-3-2-4-8-16/h2-9,12,24H,10-11,13-14H2,1H3. The van der Waals surface area contributed by atoms with Gasteiger partial charge in [-0.05, 0) is 0 Å². The number of hydrogen-bond acceptors (Lipinski definition) is 4. The van der Waals surface area contributed by atoms with Crippen molar-refractivity contribution < 1.29 is 5.11 Å². The van der Waals surface area contributed by atoms with Crippen molar-refractivity contribution in [1.29, 1.82) is 0 Å². The summed E-state index contributed by atoms with van der Waals surface area (Å²) in [6.45, 7) is 3.36. The third kappa shape index (κ3) is 4.34. The zero-order valence-electron chi connectivity index (χ0n) is 14.2. The number of aromatic nitrogens is 1. The summed E-state index contributed by atoms with van der Waals surface area (Å²) in [4.78, 5) is 6.38. The molecule has 1 saturated heterocycles. The van der Waals surface area contributed by atoms with Crippen LogP contribution in [-0.2, 0) is 5.60 Å². The van der Waals surface area contributed by atoms with E-state index in [0.717, 1.165) is 34.8 Å². The molecule has 0 aliphatic carbocycles. The summed E-state index contributed by atoms with van der Waals surface area (Å²) in [5.41, 5.74) is 1.81. The van der Waals surface area contributed by atoms with Gasteiger partial charge in [0, 0.05) is 0 Å². The van der Waals surface area contributed by atoms with Crippen LogP contribution in [0.2, 0.25) is 0 Å². The van der Waals surface area contributed by atoms with E-state index in [1.165, 1.54) is 0 Å². The van der Waals surface area contributed by atoms with Crippen molar-refractivity contribution >= 4 is 26.5 Å². The van der Waals surface area contributed by atoms with Crippen molar-refractivity contribution in [3.8, 4) is 0 Å². The van der Waals surface area contributed by atoms with Gasteiger partial charge in [0.15, 0.2) is 0 Å². The third-order valence-electron chi connectivity index (χ3n) is 4.49. The van der Waals surface area contributed by atoms with E-state index >= 15 is 0 Å². The summed E-state index contributed by atoms with van der Waals surface area (Å²) in [7, 11) is 0. The molecule has 1 radical (unpaired) electrons. The molecule has 1 N–H and O–H groups in total. The number of likely N-dealkylation sites (tertiary alicyclic amines) is 1. The molecule has 1 aromatic carbocycles. The van der Waals surface area contributed by atoms with E-state index in [-0.39, 0.29) is 0 Å². The molecule has 1 aromatic heterocycles. The van der Waals surface area contributed by atoms with Gasteiger partial charge in [-0.1, -0.05) is 0 Å². The van der Waals surface area contributed by atoms with Crippen LogP contribution in [0.4, 0.5) is 0 Å². The van der Waals surface area contributed by atoms with Crippen LogP contribution in [0.25, 0.3) is 0 Å². The molecule has 0 amide bonds. The van der Waals surface area contributed by atoms with E-state index in [9.17, 15) is 5.11 Å². The summed E-state index contributed by atoms with van der Waals surface area (Å²) in [5, 5.41) is 19.5. The van der Waals surface area contributed by atoms with Crippen molar-refractivity contribution in [2.45, 2.75) is 25.4 Å². The van der Waals surface area contributed by atoms with E-state index in [2.05, 4.69) is 36.1 Å². The molecule has 2 heterocycles. The molecule has 6 heteroatoms. The van der Waals surface area contributed by atoms with Gasteiger partial charge in [-0.15, -0.1) is 0 Å². The van der Waals surface area contributed by atoms with Gasteiger partial charge < -0.3 is 0 Å². The van der Waals surface area contributed by atoms with Gasteiger partial charge in [-0.25, -0.2) is 0 Å². The monoisotopic (exact) mass is 401 g/mol. The van der Waals surface area contributed by atoms with E-state index in [4.69, 9.17) is 0 Å². The van der Waals surface area contributed by atoms with Crippen molar-refractivity contribution in [2.75, 3.05) is 13.1 Å². The maximum atomic E-state index is 10.9. The molecule has 0 atom stereocenters. The number of benzene rings is 1. The number of hydrogen-bond donors (Lipinski definition) is 1. The molecule has 25 heavy (non-hydrogen) atoms. The number of pyridine rings is 1. The average Bonchev–Trinajstić information content (AvgIpc) is 2.68. The van der Waals surface area contributed by atoms with Crippen molar-refractivity contribution in [2.24, 2.45) is 10.2 Å². The van der Waals surface area contributed by atoms with Crippen molar-refractivity contribution in [1.82, 2.24) is 9.88 Å². The Morgan fingerprint density at radius 2 is 1.76 bits per heavy atom. The van der Waals surface area contributed by atoms with Crippen LogP contribution in [-0.4, -0.2) is 54.5 Å². The normalized spacial score (nSPS) is 18.2. The Balaban J connectivity index is 1.64. The number of nitrogens with zero attached hydrogens (tertiary/aromatic N) is 4. The van der Waals surface area contributed by atoms with E-state index in [0.29, 0.717) is 12.8 Å². The summed E-state index contributed by atoms with van der Waals surface area (Å²) in [6, 6.07) is 15.6. The van der Waals surface area contributed by atoms with Crippen LogP contribution in [0.3, 0.4) is 0 Å². The Kier molecular flexibility index (Phi) is 5.63. The molecule has 0 spiro atoms. The zero-order valence-corrected chi connectivity index (χ0v) is 15.9. The van der Waals surface area contributed by atoms with E-state index < -0.39 is 5.60 Å². The maximum absolute atomic E-state index is 10.9. The number of amidine groups is 1. The van der Waals surface area contributed by atoms with Gasteiger partial charge in [0.05, 0.1) is 0 Å². The Labute approximate surface area is 156 Å². The van der Waals surface area contributed by atoms with Gasteiger partial charge in [-0.2, -0.15) is 0 Å². The van der Waals surface area contributed by atoms with Crippen molar-refractivity contribution in [3.63, 3.8) is 0 Å². The molecule has 1 aliphatic heterocycles. The van der Waals surface area contributed by atoms with Crippen LogP contribution >= 0.6 is 0 Å². The van der Waals surface area contributed by atoms with Crippen LogP contribution in [0.1, 0.15) is 31.0 Å². The fraction of sp³-hybridized carbons (Fsp3) is 0.316. The summed E-state index contributed by atoms with van der Waals surface area (Å²) in [5.74, 6) is 0. The summed E-state index contributed by atoms with van der Waals surface area (Å²) >= 11 is 2.99. The molecule has 129 valence electrons. The van der Waals surface area contributed by atoms with Crippen molar-refractivity contribution in [3.05, 3.63) is 66.0 Å². The zero-order chi connectivity index (χ0) is 17.7. The fourth-order valence-electron chi connectivity index (χ4n) is 2.91. The fourth-order valence-corrected chi connectivity index (χ4v) is 3.38. The molecule has 2 aromatic rings. The molecule has 0 unspecified atom stereocenters. The van der Waals surface area contributed by atoms with E-state index in [1.54, 1.807) is 6.20 Å². The van der Waals surface area contributed by atoms with Gasteiger partial charge in [0.2, 0.25) is 0 Å².